The second-order valence-corrected chi connectivity index (χ2v) is 5.63. The standard InChI is InChI=1S/C17H18F2N2/c18-14-6-4-12(5-7-14)13-8-16(20)11-21(10-13)17-3-1-2-15(19)9-17/h1-7,9,13,16H,8,10-11,20H2. The highest BCUT2D eigenvalue weighted by atomic mass is 19.1. The maximum absolute atomic E-state index is 13.4. The third kappa shape index (κ3) is 3.22. The molecule has 2 N–H and O–H groups in total. The van der Waals surface area contributed by atoms with Gasteiger partial charge in [-0.25, -0.2) is 8.78 Å². The highest BCUT2D eigenvalue weighted by Crippen LogP contribution is 2.29. The summed E-state index contributed by atoms with van der Waals surface area (Å²) < 4.78 is 26.4. The monoisotopic (exact) mass is 288 g/mol. The fourth-order valence-corrected chi connectivity index (χ4v) is 3.00. The van der Waals surface area contributed by atoms with Gasteiger partial charge in [0.25, 0.3) is 0 Å². The summed E-state index contributed by atoms with van der Waals surface area (Å²) in [5.74, 6) is -0.247. The van der Waals surface area contributed by atoms with Gasteiger partial charge in [0.2, 0.25) is 0 Å². The van der Waals surface area contributed by atoms with E-state index in [0.717, 1.165) is 24.2 Å². The molecule has 3 rings (SSSR count). The predicted octanol–water partition coefficient (Wildman–Crippen LogP) is 3.29. The van der Waals surface area contributed by atoms with Crippen molar-refractivity contribution in [1.29, 1.82) is 0 Å². The van der Waals surface area contributed by atoms with Crippen LogP contribution in [0.3, 0.4) is 0 Å². The quantitative estimate of drug-likeness (QED) is 0.919. The molecule has 1 aliphatic heterocycles. The molecule has 1 saturated heterocycles. The molecule has 2 atom stereocenters. The molecule has 2 unspecified atom stereocenters. The number of hydrogen-bond acceptors (Lipinski definition) is 2. The van der Waals surface area contributed by atoms with E-state index in [2.05, 4.69) is 4.90 Å². The van der Waals surface area contributed by atoms with Crippen molar-refractivity contribution in [1.82, 2.24) is 0 Å². The first-order valence-electron chi connectivity index (χ1n) is 7.13. The van der Waals surface area contributed by atoms with Crippen LogP contribution in [0.1, 0.15) is 17.9 Å². The molecular formula is C17H18F2N2. The highest BCUT2D eigenvalue weighted by Gasteiger charge is 2.26. The Morgan fingerprint density at radius 3 is 2.43 bits per heavy atom. The third-order valence-corrected chi connectivity index (χ3v) is 4.00. The molecule has 2 aromatic carbocycles. The van der Waals surface area contributed by atoms with Gasteiger partial charge >= 0.3 is 0 Å². The van der Waals surface area contributed by atoms with Crippen LogP contribution in [-0.4, -0.2) is 19.1 Å². The maximum Gasteiger partial charge on any atom is 0.125 e. The summed E-state index contributed by atoms with van der Waals surface area (Å²) in [5, 5.41) is 0. The Morgan fingerprint density at radius 2 is 1.71 bits per heavy atom. The topological polar surface area (TPSA) is 29.3 Å². The summed E-state index contributed by atoms with van der Waals surface area (Å²) in [6, 6.07) is 13.1. The molecule has 1 heterocycles. The number of piperidine rings is 1. The summed E-state index contributed by atoms with van der Waals surface area (Å²) in [5.41, 5.74) is 8.07. The first-order valence-corrected chi connectivity index (χ1v) is 7.13. The molecule has 21 heavy (non-hydrogen) atoms. The van der Waals surface area contributed by atoms with Gasteiger partial charge in [-0.1, -0.05) is 18.2 Å². The second kappa shape index (κ2) is 5.82. The molecule has 0 aromatic heterocycles. The van der Waals surface area contributed by atoms with Gasteiger partial charge in [-0.05, 0) is 42.3 Å². The fourth-order valence-electron chi connectivity index (χ4n) is 3.00. The molecule has 0 saturated carbocycles. The molecule has 1 aliphatic rings. The minimum atomic E-state index is -0.245. The van der Waals surface area contributed by atoms with Crippen molar-refractivity contribution in [3.8, 4) is 0 Å². The minimum absolute atomic E-state index is 0.0251. The lowest BCUT2D eigenvalue weighted by atomic mass is 9.88. The zero-order valence-corrected chi connectivity index (χ0v) is 11.7. The normalized spacial score (nSPS) is 22.3. The smallest absolute Gasteiger partial charge is 0.125 e. The van der Waals surface area contributed by atoms with Crippen LogP contribution in [0.4, 0.5) is 14.5 Å². The number of nitrogens with zero attached hydrogens (tertiary/aromatic N) is 1. The average Bonchev–Trinajstić information content (AvgIpc) is 2.47. The number of benzene rings is 2. The number of rotatable bonds is 2. The molecular weight excluding hydrogens is 270 g/mol. The largest absolute Gasteiger partial charge is 0.369 e. The van der Waals surface area contributed by atoms with Crippen molar-refractivity contribution >= 4 is 5.69 Å². The molecule has 1 fully saturated rings. The van der Waals surface area contributed by atoms with Gasteiger partial charge in [-0.15, -0.1) is 0 Å². The Kier molecular flexibility index (Phi) is 3.88. The van der Waals surface area contributed by atoms with Crippen molar-refractivity contribution < 1.29 is 8.78 Å². The van der Waals surface area contributed by atoms with Crippen LogP contribution < -0.4 is 10.6 Å². The van der Waals surface area contributed by atoms with Gasteiger partial charge in [-0.2, -0.15) is 0 Å². The summed E-state index contributed by atoms with van der Waals surface area (Å²) in [6.07, 6.45) is 0.859. The van der Waals surface area contributed by atoms with Gasteiger partial charge in [-0.3, -0.25) is 0 Å². The second-order valence-electron chi connectivity index (χ2n) is 5.63. The van der Waals surface area contributed by atoms with Gasteiger partial charge in [0.15, 0.2) is 0 Å². The van der Waals surface area contributed by atoms with Crippen molar-refractivity contribution in [3.63, 3.8) is 0 Å². The molecule has 4 heteroatoms. The maximum atomic E-state index is 13.4. The van der Waals surface area contributed by atoms with E-state index in [4.69, 9.17) is 5.73 Å². The van der Waals surface area contributed by atoms with Crippen LogP contribution in [0, 0.1) is 11.6 Å². The summed E-state index contributed by atoms with van der Waals surface area (Å²) >= 11 is 0. The molecule has 110 valence electrons. The van der Waals surface area contributed by atoms with Crippen molar-refractivity contribution in [2.45, 2.75) is 18.4 Å². The molecule has 0 aliphatic carbocycles. The number of anilines is 1. The Hall–Kier alpha value is -1.94. The first-order chi connectivity index (χ1) is 10.1. The summed E-state index contributed by atoms with van der Waals surface area (Å²) in [7, 11) is 0. The fraction of sp³-hybridized carbons (Fsp3) is 0.294. The van der Waals surface area contributed by atoms with Gasteiger partial charge < -0.3 is 10.6 Å². The van der Waals surface area contributed by atoms with E-state index < -0.39 is 0 Å². The van der Waals surface area contributed by atoms with E-state index in [9.17, 15) is 8.78 Å². The molecule has 2 nitrogen and oxygen atoms in total. The van der Waals surface area contributed by atoms with Crippen LogP contribution in [0.5, 0.6) is 0 Å². The highest BCUT2D eigenvalue weighted by molar-refractivity contribution is 5.48. The van der Waals surface area contributed by atoms with Crippen molar-refractivity contribution in [2.24, 2.45) is 5.73 Å². The number of nitrogens with two attached hydrogens (primary N) is 1. The minimum Gasteiger partial charge on any atom is -0.369 e. The Balaban J connectivity index is 1.83. The third-order valence-electron chi connectivity index (χ3n) is 4.00. The van der Waals surface area contributed by atoms with Gasteiger partial charge in [0, 0.05) is 30.7 Å². The Morgan fingerprint density at radius 1 is 0.952 bits per heavy atom. The van der Waals surface area contributed by atoms with Crippen LogP contribution in [0.2, 0.25) is 0 Å². The van der Waals surface area contributed by atoms with Gasteiger partial charge in [0.1, 0.15) is 11.6 Å². The first kappa shape index (κ1) is 14.0. The Bertz CT molecular complexity index is 612. The molecule has 0 radical (unpaired) electrons. The Labute approximate surface area is 123 Å². The number of hydrogen-bond donors (Lipinski definition) is 1. The molecule has 0 spiro atoms. The van der Waals surface area contributed by atoms with E-state index in [-0.39, 0.29) is 23.6 Å². The number of halogens is 2. The summed E-state index contributed by atoms with van der Waals surface area (Å²) in [6.45, 7) is 1.48. The molecule has 0 amide bonds. The van der Waals surface area contributed by atoms with Crippen molar-refractivity contribution in [3.05, 3.63) is 65.7 Å². The molecule has 2 aromatic rings. The van der Waals surface area contributed by atoms with Crippen molar-refractivity contribution in [2.75, 3.05) is 18.0 Å². The van der Waals surface area contributed by atoms with E-state index in [0.29, 0.717) is 6.54 Å². The van der Waals surface area contributed by atoms with Crippen LogP contribution in [-0.2, 0) is 0 Å². The zero-order valence-electron chi connectivity index (χ0n) is 11.7. The van der Waals surface area contributed by atoms with E-state index in [1.807, 2.05) is 18.2 Å². The average molecular weight is 288 g/mol. The van der Waals surface area contributed by atoms with E-state index >= 15 is 0 Å². The lowest BCUT2D eigenvalue weighted by Gasteiger charge is -2.38. The van der Waals surface area contributed by atoms with Crippen LogP contribution in [0.15, 0.2) is 48.5 Å². The predicted molar refractivity (Wildman–Crippen MR) is 80.3 cm³/mol. The van der Waals surface area contributed by atoms with E-state index in [1.165, 1.54) is 24.3 Å². The van der Waals surface area contributed by atoms with Crippen LogP contribution in [0.25, 0.3) is 0 Å². The lowest BCUT2D eigenvalue weighted by molar-refractivity contribution is 0.453. The molecule has 0 bridgehead atoms. The lowest BCUT2D eigenvalue weighted by Crippen LogP contribution is -2.46. The zero-order chi connectivity index (χ0) is 14.8. The summed E-state index contributed by atoms with van der Waals surface area (Å²) in [4.78, 5) is 2.10. The van der Waals surface area contributed by atoms with Crippen LogP contribution >= 0.6 is 0 Å². The van der Waals surface area contributed by atoms with E-state index in [1.54, 1.807) is 6.07 Å². The van der Waals surface area contributed by atoms with Gasteiger partial charge in [0.05, 0.1) is 0 Å². The SMILES string of the molecule is NC1CC(c2ccc(F)cc2)CN(c2cccc(F)c2)C1.